The van der Waals surface area contributed by atoms with Gasteiger partial charge in [-0.1, -0.05) is 38.1 Å². The molecule has 10 nitrogen and oxygen atoms in total. The van der Waals surface area contributed by atoms with Crippen LogP contribution in [0.3, 0.4) is 0 Å². The van der Waals surface area contributed by atoms with Gasteiger partial charge in [0.25, 0.3) is 0 Å². The molecule has 2 amide bonds. The van der Waals surface area contributed by atoms with Gasteiger partial charge >= 0.3 is 0 Å². The van der Waals surface area contributed by atoms with E-state index in [2.05, 4.69) is 15.6 Å². The second-order valence-corrected chi connectivity index (χ2v) is 10.1. The fraction of sp³-hybridized carbons (Fsp3) is 0.387. The number of ether oxygens (including phenoxy) is 3. The average Bonchev–Trinajstić information content (AvgIpc) is 3.44. The van der Waals surface area contributed by atoms with E-state index in [-0.39, 0.29) is 24.3 Å². The molecular weight excluding hydrogens is 522 g/mol. The molecule has 0 saturated carbocycles. The molecule has 4 rings (SSSR count). The second kappa shape index (κ2) is 14.4. The van der Waals surface area contributed by atoms with Crippen LogP contribution in [0.25, 0.3) is 17.5 Å². The first-order valence-corrected chi connectivity index (χ1v) is 13.8. The van der Waals surface area contributed by atoms with Crippen LogP contribution in [-0.2, 0) is 16.1 Å². The highest BCUT2D eigenvalue weighted by molar-refractivity contribution is 5.88. The molecule has 1 aliphatic heterocycles. The van der Waals surface area contributed by atoms with Gasteiger partial charge in [-0.3, -0.25) is 14.5 Å². The summed E-state index contributed by atoms with van der Waals surface area (Å²) >= 11 is 0. The van der Waals surface area contributed by atoms with E-state index in [0.29, 0.717) is 44.3 Å². The summed E-state index contributed by atoms with van der Waals surface area (Å²) in [6.07, 6.45) is 7.61. The third-order valence-electron chi connectivity index (χ3n) is 6.88. The first-order chi connectivity index (χ1) is 19.9. The van der Waals surface area contributed by atoms with Gasteiger partial charge in [0.15, 0.2) is 11.5 Å². The van der Waals surface area contributed by atoms with Gasteiger partial charge in [0.2, 0.25) is 11.8 Å². The zero-order chi connectivity index (χ0) is 29.2. The number of aromatic nitrogens is 2. The van der Waals surface area contributed by atoms with Crippen molar-refractivity contribution in [1.82, 2.24) is 25.1 Å². The number of hydrogen-bond acceptors (Lipinski definition) is 7. The second-order valence-electron chi connectivity index (χ2n) is 10.1. The molecule has 10 heteroatoms. The summed E-state index contributed by atoms with van der Waals surface area (Å²) in [5.41, 5.74) is 1.89. The van der Waals surface area contributed by atoms with E-state index in [4.69, 9.17) is 14.2 Å². The maximum atomic E-state index is 13.1. The minimum Gasteiger partial charge on any atom is -0.497 e. The van der Waals surface area contributed by atoms with Gasteiger partial charge in [-0.05, 0) is 41.8 Å². The predicted octanol–water partition coefficient (Wildman–Crippen LogP) is 3.23. The molecule has 1 aliphatic rings. The van der Waals surface area contributed by atoms with E-state index in [1.807, 2.05) is 84.1 Å². The van der Waals surface area contributed by atoms with E-state index < -0.39 is 6.04 Å². The van der Waals surface area contributed by atoms with Gasteiger partial charge in [0.1, 0.15) is 24.2 Å². The fourth-order valence-electron chi connectivity index (χ4n) is 4.62. The number of nitrogens with one attached hydrogen (secondary N) is 2. The molecule has 218 valence electrons. The summed E-state index contributed by atoms with van der Waals surface area (Å²) in [7, 11) is 3.24. The first kappa shape index (κ1) is 29.7. The van der Waals surface area contributed by atoms with Crippen LogP contribution in [0.1, 0.15) is 19.4 Å². The lowest BCUT2D eigenvalue weighted by Gasteiger charge is -2.25. The van der Waals surface area contributed by atoms with E-state index in [9.17, 15) is 9.59 Å². The highest BCUT2D eigenvalue weighted by atomic mass is 16.5. The van der Waals surface area contributed by atoms with Crippen LogP contribution in [0, 0.1) is 5.92 Å². The lowest BCUT2D eigenvalue weighted by atomic mass is 10.0. The Hall–Kier alpha value is -4.31. The number of benzene rings is 2. The lowest BCUT2D eigenvalue weighted by Crippen LogP contribution is -2.52. The summed E-state index contributed by atoms with van der Waals surface area (Å²) in [5, 5.41) is 5.91. The van der Waals surface area contributed by atoms with Crippen molar-refractivity contribution in [2.45, 2.75) is 26.4 Å². The summed E-state index contributed by atoms with van der Waals surface area (Å²) in [4.78, 5) is 32.7. The Bertz CT molecular complexity index is 1330. The number of carbonyl (C=O) groups is 2. The van der Waals surface area contributed by atoms with Crippen LogP contribution in [-0.4, -0.2) is 79.3 Å². The number of amides is 2. The third-order valence-corrected chi connectivity index (χ3v) is 6.88. The highest BCUT2D eigenvalue weighted by Gasteiger charge is 2.25. The summed E-state index contributed by atoms with van der Waals surface area (Å²) in [6, 6.07) is 12.8. The van der Waals surface area contributed by atoms with Gasteiger partial charge in [-0.2, -0.15) is 0 Å². The molecule has 0 saturated heterocycles. The number of carbonyl (C=O) groups excluding carboxylic acids is 2. The van der Waals surface area contributed by atoms with Crippen molar-refractivity contribution in [1.29, 1.82) is 0 Å². The quantitative estimate of drug-likeness (QED) is 0.476. The smallest absolute Gasteiger partial charge is 0.242 e. The Morgan fingerprint density at radius 3 is 2.63 bits per heavy atom. The molecular formula is C31H39N5O5. The number of imidazole rings is 1. The maximum absolute atomic E-state index is 13.1. The van der Waals surface area contributed by atoms with E-state index in [0.717, 1.165) is 22.7 Å². The molecule has 0 spiro atoms. The molecule has 0 fully saturated rings. The largest absolute Gasteiger partial charge is 0.497 e. The van der Waals surface area contributed by atoms with Gasteiger partial charge < -0.3 is 29.4 Å². The normalized spacial score (nSPS) is 17.3. The van der Waals surface area contributed by atoms with Crippen LogP contribution in [0.15, 0.2) is 60.9 Å². The van der Waals surface area contributed by atoms with E-state index >= 15 is 0 Å². The Balaban J connectivity index is 1.57. The summed E-state index contributed by atoms with van der Waals surface area (Å²) in [5.74, 6) is 2.24. The number of fused-ring (bicyclic) bond motifs is 4. The lowest BCUT2D eigenvalue weighted by molar-refractivity contribution is -0.130. The zero-order valence-electron chi connectivity index (χ0n) is 24.1. The standard InChI is InChI=1S/C31H39N5O5/c1-22(2)29-31(38)33-14-17-36-16-13-32-30(36)24-9-12-26(40-4)27(20-24)41-19-18-35(21-28(37)34-29)15-5-6-23-7-10-25(39-3)11-8-23/h5-13,16,20,22,29H,14-15,17-19,21H2,1-4H3,(H,33,38)(H,34,37)/b6-5+/t29-/m1/s1. The molecule has 0 unspecified atom stereocenters. The highest BCUT2D eigenvalue weighted by Crippen LogP contribution is 2.32. The Morgan fingerprint density at radius 1 is 1.10 bits per heavy atom. The molecule has 2 bridgehead atoms. The van der Waals surface area contributed by atoms with Crippen molar-refractivity contribution >= 4 is 17.9 Å². The van der Waals surface area contributed by atoms with Crippen molar-refractivity contribution in [3.8, 4) is 28.6 Å². The van der Waals surface area contributed by atoms with Gasteiger partial charge in [0.05, 0.1) is 20.8 Å². The van der Waals surface area contributed by atoms with Crippen molar-refractivity contribution < 1.29 is 23.8 Å². The topological polar surface area (TPSA) is 107 Å². The average molecular weight is 562 g/mol. The zero-order valence-corrected chi connectivity index (χ0v) is 24.1. The van der Waals surface area contributed by atoms with Gasteiger partial charge in [0, 0.05) is 44.1 Å². The molecule has 3 aromatic rings. The minimum atomic E-state index is -0.646. The Labute approximate surface area is 241 Å². The van der Waals surface area contributed by atoms with Crippen LogP contribution in [0.5, 0.6) is 17.2 Å². The third kappa shape index (κ3) is 8.11. The van der Waals surface area contributed by atoms with Gasteiger partial charge in [-0.25, -0.2) is 4.98 Å². The summed E-state index contributed by atoms with van der Waals surface area (Å²) < 4.78 is 18.9. The molecule has 0 aliphatic carbocycles. The van der Waals surface area contributed by atoms with Crippen molar-refractivity contribution in [2.75, 3.05) is 47.0 Å². The number of methoxy groups -OCH3 is 2. The Morgan fingerprint density at radius 2 is 1.90 bits per heavy atom. The molecule has 0 radical (unpaired) electrons. The fourth-order valence-corrected chi connectivity index (χ4v) is 4.62. The van der Waals surface area contributed by atoms with Crippen LogP contribution >= 0.6 is 0 Å². The molecule has 2 heterocycles. The van der Waals surface area contributed by atoms with E-state index in [1.54, 1.807) is 20.4 Å². The van der Waals surface area contributed by atoms with Gasteiger partial charge in [-0.15, -0.1) is 0 Å². The maximum Gasteiger partial charge on any atom is 0.242 e. The summed E-state index contributed by atoms with van der Waals surface area (Å²) in [6.45, 7) is 6.18. The molecule has 41 heavy (non-hydrogen) atoms. The predicted molar refractivity (Wildman–Crippen MR) is 158 cm³/mol. The number of nitrogens with zero attached hydrogens (tertiary/aromatic N) is 3. The minimum absolute atomic E-state index is 0.0782. The van der Waals surface area contributed by atoms with Crippen LogP contribution in [0.2, 0.25) is 0 Å². The molecule has 2 N–H and O–H groups in total. The van der Waals surface area contributed by atoms with Crippen molar-refractivity contribution in [3.05, 3.63) is 66.5 Å². The monoisotopic (exact) mass is 561 g/mol. The SMILES string of the molecule is COc1ccc(/C=C/CN2CCOc3cc(ccc3OC)-c3nccn3CCNC(=O)[C@@H](C(C)C)NC(=O)C2)cc1. The molecule has 1 aromatic heterocycles. The van der Waals surface area contributed by atoms with Crippen LogP contribution in [0.4, 0.5) is 0 Å². The van der Waals surface area contributed by atoms with Crippen LogP contribution < -0.4 is 24.8 Å². The first-order valence-electron chi connectivity index (χ1n) is 13.8. The Kier molecular flexibility index (Phi) is 10.4. The van der Waals surface area contributed by atoms with E-state index in [1.165, 1.54) is 0 Å². The molecule has 1 atom stereocenters. The molecule has 2 aromatic carbocycles. The number of rotatable bonds is 6. The van der Waals surface area contributed by atoms with Crippen molar-refractivity contribution in [3.63, 3.8) is 0 Å². The number of hydrogen-bond donors (Lipinski definition) is 2. The van der Waals surface area contributed by atoms with Crippen molar-refractivity contribution in [2.24, 2.45) is 5.92 Å².